The molecule has 0 bridgehead atoms. The van der Waals surface area contributed by atoms with Gasteiger partial charge in [0.15, 0.2) is 12.4 Å². The van der Waals surface area contributed by atoms with Gasteiger partial charge in [-0.05, 0) is 55.5 Å². The molecule has 0 fully saturated rings. The zero-order valence-electron chi connectivity index (χ0n) is 16.9. The van der Waals surface area contributed by atoms with Gasteiger partial charge in [-0.2, -0.15) is 0 Å². The number of carbonyl (C=O) groups is 3. The van der Waals surface area contributed by atoms with Crippen LogP contribution < -0.4 is 10.9 Å². The molecule has 0 atom stereocenters. The van der Waals surface area contributed by atoms with Gasteiger partial charge >= 0.3 is 5.97 Å². The summed E-state index contributed by atoms with van der Waals surface area (Å²) in [6, 6.07) is 16.1. The van der Waals surface area contributed by atoms with Crippen LogP contribution >= 0.6 is 0 Å². The Kier molecular flexibility index (Phi) is 5.63. The molecule has 0 radical (unpaired) electrons. The van der Waals surface area contributed by atoms with E-state index in [1.807, 2.05) is 6.07 Å². The van der Waals surface area contributed by atoms with Crippen LogP contribution in [0.2, 0.25) is 0 Å². The zero-order valence-corrected chi connectivity index (χ0v) is 16.9. The Morgan fingerprint density at radius 2 is 1.78 bits per heavy atom. The molecule has 2 heterocycles. The quantitative estimate of drug-likeness (QED) is 0.482. The first-order valence-corrected chi connectivity index (χ1v) is 9.57. The molecule has 0 unspecified atom stereocenters. The van der Waals surface area contributed by atoms with E-state index in [2.05, 4.69) is 10.3 Å². The highest BCUT2D eigenvalue weighted by atomic mass is 16.5. The fraction of sp³-hybridized carbons (Fsp3) is 0.0870. The van der Waals surface area contributed by atoms with E-state index in [1.54, 1.807) is 37.3 Å². The van der Waals surface area contributed by atoms with Crippen molar-refractivity contribution in [2.45, 2.75) is 6.92 Å². The lowest BCUT2D eigenvalue weighted by atomic mass is 10.2. The first-order chi connectivity index (χ1) is 15.4. The summed E-state index contributed by atoms with van der Waals surface area (Å²) in [5.41, 5.74) is 1.10. The lowest BCUT2D eigenvalue weighted by Crippen LogP contribution is -2.34. The second kappa shape index (κ2) is 8.68. The third kappa shape index (κ3) is 4.17. The van der Waals surface area contributed by atoms with Gasteiger partial charge < -0.3 is 9.15 Å². The number of furan rings is 1. The maximum atomic E-state index is 12.9. The van der Waals surface area contributed by atoms with Crippen LogP contribution in [0.5, 0.6) is 0 Å². The maximum absolute atomic E-state index is 12.9. The van der Waals surface area contributed by atoms with Gasteiger partial charge in [0.25, 0.3) is 17.4 Å². The van der Waals surface area contributed by atoms with Crippen LogP contribution in [0.15, 0.2) is 76.1 Å². The number of imide groups is 1. The third-order valence-electron chi connectivity index (χ3n) is 4.64. The van der Waals surface area contributed by atoms with E-state index >= 15 is 0 Å². The minimum absolute atomic E-state index is 0.0334. The Morgan fingerprint density at radius 1 is 1.03 bits per heavy atom. The number of benzene rings is 2. The van der Waals surface area contributed by atoms with Gasteiger partial charge in [-0.25, -0.2) is 9.78 Å². The van der Waals surface area contributed by atoms with Crippen molar-refractivity contribution in [2.75, 3.05) is 6.61 Å². The number of aromatic nitrogens is 2. The Morgan fingerprint density at radius 3 is 2.50 bits per heavy atom. The summed E-state index contributed by atoms with van der Waals surface area (Å²) in [6.07, 6.45) is 1.30. The highest BCUT2D eigenvalue weighted by Gasteiger charge is 2.16. The SMILES string of the molecule is Cc1nc2ccccc2c(=O)n1-c1ccc(C(=O)OCC(=O)NC(=O)c2ccco2)cc1. The summed E-state index contributed by atoms with van der Waals surface area (Å²) in [7, 11) is 0. The van der Waals surface area contributed by atoms with Crippen molar-refractivity contribution in [1.82, 2.24) is 14.9 Å². The lowest BCUT2D eigenvalue weighted by molar-refractivity contribution is -0.123. The minimum Gasteiger partial charge on any atom is -0.459 e. The summed E-state index contributed by atoms with van der Waals surface area (Å²) >= 11 is 0. The van der Waals surface area contributed by atoms with Crippen LogP contribution in [-0.4, -0.2) is 33.9 Å². The van der Waals surface area contributed by atoms with E-state index in [-0.39, 0.29) is 16.9 Å². The van der Waals surface area contributed by atoms with Gasteiger partial charge in [0.2, 0.25) is 0 Å². The van der Waals surface area contributed by atoms with Crippen molar-refractivity contribution >= 4 is 28.7 Å². The number of hydrogen-bond acceptors (Lipinski definition) is 7. The van der Waals surface area contributed by atoms with E-state index < -0.39 is 24.4 Å². The van der Waals surface area contributed by atoms with Crippen LogP contribution in [0, 0.1) is 6.92 Å². The number of carbonyl (C=O) groups excluding carboxylic acids is 3. The predicted octanol–water partition coefficient (Wildman–Crippen LogP) is 2.40. The average molecular weight is 431 g/mol. The molecule has 4 aromatic rings. The summed E-state index contributed by atoms with van der Waals surface area (Å²) in [5, 5.41) is 2.54. The number of nitrogens with zero attached hydrogens (tertiary/aromatic N) is 2. The molecule has 4 rings (SSSR count). The molecule has 1 N–H and O–H groups in total. The normalized spacial score (nSPS) is 10.7. The van der Waals surface area contributed by atoms with Gasteiger partial charge in [-0.3, -0.25) is 24.3 Å². The highest BCUT2D eigenvalue weighted by Crippen LogP contribution is 2.14. The molecule has 0 aliphatic rings. The van der Waals surface area contributed by atoms with Crippen molar-refractivity contribution in [1.29, 1.82) is 0 Å². The monoisotopic (exact) mass is 431 g/mol. The van der Waals surface area contributed by atoms with E-state index in [0.29, 0.717) is 22.4 Å². The van der Waals surface area contributed by atoms with Crippen molar-refractivity contribution in [3.8, 4) is 5.69 Å². The van der Waals surface area contributed by atoms with Crippen molar-refractivity contribution < 1.29 is 23.5 Å². The Bertz CT molecular complexity index is 1370. The number of amides is 2. The average Bonchev–Trinajstić information content (AvgIpc) is 3.33. The molecule has 0 aliphatic heterocycles. The molecule has 2 amide bonds. The highest BCUT2D eigenvalue weighted by molar-refractivity contribution is 6.04. The van der Waals surface area contributed by atoms with E-state index in [9.17, 15) is 19.2 Å². The first-order valence-electron chi connectivity index (χ1n) is 9.57. The molecule has 0 saturated carbocycles. The number of ether oxygens (including phenoxy) is 1. The summed E-state index contributed by atoms with van der Waals surface area (Å²) in [4.78, 5) is 53.1. The molecule has 0 saturated heterocycles. The summed E-state index contributed by atoms with van der Waals surface area (Å²) in [6.45, 7) is 1.08. The zero-order chi connectivity index (χ0) is 22.7. The number of para-hydroxylation sites is 1. The van der Waals surface area contributed by atoms with E-state index in [1.165, 1.54) is 35.1 Å². The van der Waals surface area contributed by atoms with Crippen LogP contribution in [-0.2, 0) is 9.53 Å². The minimum atomic E-state index is -0.791. The second-order valence-corrected chi connectivity index (χ2v) is 6.79. The second-order valence-electron chi connectivity index (χ2n) is 6.79. The van der Waals surface area contributed by atoms with E-state index in [4.69, 9.17) is 9.15 Å². The Labute approximate surface area is 181 Å². The number of esters is 1. The van der Waals surface area contributed by atoms with Crippen molar-refractivity contribution in [2.24, 2.45) is 0 Å². The van der Waals surface area contributed by atoms with Crippen LogP contribution in [0.25, 0.3) is 16.6 Å². The number of fused-ring (bicyclic) bond motifs is 1. The predicted molar refractivity (Wildman–Crippen MR) is 114 cm³/mol. The molecule has 9 nitrogen and oxygen atoms in total. The molecule has 0 aliphatic carbocycles. The van der Waals surface area contributed by atoms with Gasteiger partial charge in [0.1, 0.15) is 5.82 Å². The van der Waals surface area contributed by atoms with Crippen LogP contribution in [0.4, 0.5) is 0 Å². The number of nitrogens with one attached hydrogen (secondary N) is 1. The molecule has 2 aromatic heterocycles. The molecular formula is C23H17N3O6. The third-order valence-corrected chi connectivity index (χ3v) is 4.64. The summed E-state index contributed by atoms with van der Waals surface area (Å²) in [5.74, 6) is -1.81. The van der Waals surface area contributed by atoms with E-state index in [0.717, 1.165) is 0 Å². The van der Waals surface area contributed by atoms with Crippen LogP contribution in [0.3, 0.4) is 0 Å². The topological polar surface area (TPSA) is 120 Å². The molecular weight excluding hydrogens is 414 g/mol. The van der Waals surface area contributed by atoms with Crippen molar-refractivity contribution in [3.05, 3.63) is 94.4 Å². The molecule has 0 spiro atoms. The maximum Gasteiger partial charge on any atom is 0.338 e. The largest absolute Gasteiger partial charge is 0.459 e. The number of hydrogen-bond donors (Lipinski definition) is 1. The molecule has 160 valence electrons. The smallest absolute Gasteiger partial charge is 0.338 e. The Hall–Kier alpha value is -4.53. The number of rotatable bonds is 5. The van der Waals surface area contributed by atoms with Gasteiger partial charge in [0, 0.05) is 0 Å². The van der Waals surface area contributed by atoms with Crippen LogP contribution in [0.1, 0.15) is 26.7 Å². The summed E-state index contributed by atoms with van der Waals surface area (Å²) < 4.78 is 11.3. The fourth-order valence-corrected chi connectivity index (χ4v) is 3.14. The molecule has 32 heavy (non-hydrogen) atoms. The molecule has 2 aromatic carbocycles. The van der Waals surface area contributed by atoms with Gasteiger partial charge in [-0.1, -0.05) is 12.1 Å². The lowest BCUT2D eigenvalue weighted by Gasteiger charge is -2.11. The van der Waals surface area contributed by atoms with Gasteiger partial charge in [0.05, 0.1) is 28.4 Å². The Balaban J connectivity index is 1.44. The van der Waals surface area contributed by atoms with Gasteiger partial charge in [-0.15, -0.1) is 0 Å². The number of aryl methyl sites for hydroxylation is 1. The van der Waals surface area contributed by atoms with Crippen molar-refractivity contribution in [3.63, 3.8) is 0 Å². The standard InChI is InChI=1S/C23H17N3O6/c1-14-24-18-6-3-2-5-17(18)22(29)26(14)16-10-8-15(9-11-16)23(30)32-13-20(27)25-21(28)19-7-4-12-31-19/h2-12H,13H2,1H3,(H,25,27,28). The first kappa shape index (κ1) is 20.7. The fourth-order valence-electron chi connectivity index (χ4n) is 3.14. The molecule has 9 heteroatoms.